The molecule has 0 amide bonds. The number of rotatable bonds is 3. The Bertz CT molecular complexity index is 344. The molecule has 0 fully saturated rings. The number of nitrogens with two attached hydrogens (primary N) is 1. The molecule has 0 aliphatic heterocycles. The van der Waals surface area contributed by atoms with Crippen LogP contribution in [0.15, 0.2) is 12.3 Å². The molecule has 0 atom stereocenters. The van der Waals surface area contributed by atoms with E-state index in [4.69, 9.17) is 11.1 Å². The summed E-state index contributed by atoms with van der Waals surface area (Å²) in [6, 6.07) is 2.13. The Labute approximate surface area is 84.1 Å². The van der Waals surface area contributed by atoms with Crippen molar-refractivity contribution in [3.05, 3.63) is 23.4 Å². The number of amidine groups is 1. The minimum absolute atomic E-state index is 0.0544. The largest absolute Gasteiger partial charge is 0.384 e. The third-order valence-corrected chi connectivity index (χ3v) is 1.85. The summed E-state index contributed by atoms with van der Waals surface area (Å²) < 4.78 is 0. The van der Waals surface area contributed by atoms with Crippen molar-refractivity contribution in [3.8, 4) is 0 Å². The number of pyridine rings is 1. The van der Waals surface area contributed by atoms with E-state index in [1.54, 1.807) is 6.20 Å². The fraction of sp³-hybridized carbons (Fsp3) is 0.400. The van der Waals surface area contributed by atoms with E-state index in [1.165, 1.54) is 0 Å². The van der Waals surface area contributed by atoms with Crippen LogP contribution in [0.3, 0.4) is 0 Å². The molecular weight excluding hydrogens is 176 g/mol. The summed E-state index contributed by atoms with van der Waals surface area (Å²) in [7, 11) is 0. The van der Waals surface area contributed by atoms with Gasteiger partial charge in [-0.2, -0.15) is 0 Å². The molecule has 0 aromatic carbocycles. The molecule has 1 rings (SSSR count). The number of hydrogen-bond donors (Lipinski definition) is 3. The van der Waals surface area contributed by atoms with E-state index >= 15 is 0 Å². The van der Waals surface area contributed by atoms with Crippen LogP contribution in [0.5, 0.6) is 0 Å². The highest BCUT2D eigenvalue weighted by Gasteiger charge is 2.10. The summed E-state index contributed by atoms with van der Waals surface area (Å²) in [5.41, 5.74) is 7.16. The molecule has 0 bridgehead atoms. The van der Waals surface area contributed by atoms with Crippen LogP contribution >= 0.6 is 0 Å². The van der Waals surface area contributed by atoms with Crippen LogP contribution < -0.4 is 11.1 Å². The standard InChI is InChI=1S/C10H16N4/c1-6(2)14-10-8(9(11)12)7(3)4-5-13-10/h4-6H,1-3H3,(H3,11,12)(H,13,14). The first kappa shape index (κ1) is 10.5. The predicted molar refractivity (Wildman–Crippen MR) is 58.7 cm³/mol. The Balaban J connectivity index is 3.14. The normalized spacial score (nSPS) is 10.3. The van der Waals surface area contributed by atoms with Gasteiger partial charge in [0, 0.05) is 12.2 Å². The van der Waals surface area contributed by atoms with E-state index in [0.717, 1.165) is 5.56 Å². The minimum atomic E-state index is 0.0544. The molecule has 0 aliphatic rings. The van der Waals surface area contributed by atoms with E-state index in [-0.39, 0.29) is 11.9 Å². The third kappa shape index (κ3) is 2.22. The van der Waals surface area contributed by atoms with E-state index in [2.05, 4.69) is 10.3 Å². The lowest BCUT2D eigenvalue weighted by molar-refractivity contribution is 0.887. The fourth-order valence-corrected chi connectivity index (χ4v) is 1.28. The molecule has 4 nitrogen and oxygen atoms in total. The number of aromatic nitrogens is 1. The Morgan fingerprint density at radius 3 is 2.71 bits per heavy atom. The Morgan fingerprint density at radius 2 is 2.21 bits per heavy atom. The molecule has 1 aromatic heterocycles. The topological polar surface area (TPSA) is 74.8 Å². The van der Waals surface area contributed by atoms with Crippen molar-refractivity contribution in [3.63, 3.8) is 0 Å². The number of nitrogens with one attached hydrogen (secondary N) is 2. The van der Waals surface area contributed by atoms with Crippen LogP contribution in [0.4, 0.5) is 5.82 Å². The van der Waals surface area contributed by atoms with Crippen LogP contribution in [0, 0.1) is 12.3 Å². The Morgan fingerprint density at radius 1 is 1.57 bits per heavy atom. The molecule has 0 aliphatic carbocycles. The molecule has 1 aromatic rings. The highest BCUT2D eigenvalue weighted by Crippen LogP contribution is 2.16. The van der Waals surface area contributed by atoms with Gasteiger partial charge in [0.2, 0.25) is 0 Å². The number of aryl methyl sites for hydroxylation is 1. The van der Waals surface area contributed by atoms with Gasteiger partial charge >= 0.3 is 0 Å². The minimum Gasteiger partial charge on any atom is -0.384 e. The number of nitrogens with zero attached hydrogens (tertiary/aromatic N) is 1. The fourth-order valence-electron chi connectivity index (χ4n) is 1.28. The summed E-state index contributed by atoms with van der Waals surface area (Å²) in [4.78, 5) is 4.17. The number of nitrogen functional groups attached to an aromatic ring is 1. The molecule has 0 radical (unpaired) electrons. The SMILES string of the molecule is Cc1ccnc(NC(C)C)c1C(=N)N. The van der Waals surface area contributed by atoms with Crippen molar-refractivity contribution in [2.75, 3.05) is 5.32 Å². The lowest BCUT2D eigenvalue weighted by atomic mass is 10.1. The van der Waals surface area contributed by atoms with Crippen LogP contribution in [0.25, 0.3) is 0 Å². The Hall–Kier alpha value is -1.58. The second kappa shape index (κ2) is 4.09. The van der Waals surface area contributed by atoms with Gasteiger partial charge in [0.1, 0.15) is 11.7 Å². The van der Waals surface area contributed by atoms with E-state index in [0.29, 0.717) is 11.4 Å². The van der Waals surface area contributed by atoms with E-state index < -0.39 is 0 Å². The van der Waals surface area contributed by atoms with Gasteiger partial charge in [-0.3, -0.25) is 5.41 Å². The van der Waals surface area contributed by atoms with Crippen molar-refractivity contribution < 1.29 is 0 Å². The lowest BCUT2D eigenvalue weighted by Crippen LogP contribution is -2.20. The van der Waals surface area contributed by atoms with Gasteiger partial charge in [0.15, 0.2) is 0 Å². The first-order chi connectivity index (χ1) is 6.52. The average Bonchev–Trinajstić information content (AvgIpc) is 2.01. The molecule has 0 spiro atoms. The molecule has 0 saturated heterocycles. The second-order valence-corrected chi connectivity index (χ2v) is 3.56. The highest BCUT2D eigenvalue weighted by molar-refractivity contribution is 6.00. The maximum Gasteiger partial charge on any atom is 0.137 e. The van der Waals surface area contributed by atoms with Crippen molar-refractivity contribution in [2.45, 2.75) is 26.8 Å². The van der Waals surface area contributed by atoms with Crippen LogP contribution in [-0.2, 0) is 0 Å². The van der Waals surface area contributed by atoms with Crippen LogP contribution in [-0.4, -0.2) is 16.9 Å². The van der Waals surface area contributed by atoms with E-state index in [9.17, 15) is 0 Å². The summed E-state index contributed by atoms with van der Waals surface area (Å²) in [6.07, 6.45) is 1.71. The number of hydrogen-bond acceptors (Lipinski definition) is 3. The molecule has 4 N–H and O–H groups in total. The predicted octanol–water partition coefficient (Wildman–Crippen LogP) is 1.49. The summed E-state index contributed by atoms with van der Waals surface area (Å²) >= 11 is 0. The molecular formula is C10H16N4. The summed E-state index contributed by atoms with van der Waals surface area (Å²) in [6.45, 7) is 5.96. The molecule has 1 heterocycles. The Kier molecular flexibility index (Phi) is 3.06. The molecule has 4 heteroatoms. The highest BCUT2D eigenvalue weighted by atomic mass is 15.0. The zero-order valence-electron chi connectivity index (χ0n) is 8.76. The van der Waals surface area contributed by atoms with Gasteiger partial charge in [-0.05, 0) is 32.4 Å². The van der Waals surface area contributed by atoms with Gasteiger partial charge in [-0.15, -0.1) is 0 Å². The third-order valence-electron chi connectivity index (χ3n) is 1.85. The van der Waals surface area contributed by atoms with Crippen LogP contribution in [0.1, 0.15) is 25.0 Å². The number of anilines is 1. The van der Waals surface area contributed by atoms with Crippen molar-refractivity contribution >= 4 is 11.7 Å². The molecule has 14 heavy (non-hydrogen) atoms. The zero-order chi connectivity index (χ0) is 10.7. The summed E-state index contributed by atoms with van der Waals surface area (Å²) in [5.74, 6) is 0.742. The zero-order valence-corrected chi connectivity index (χ0v) is 8.76. The van der Waals surface area contributed by atoms with Crippen molar-refractivity contribution in [1.82, 2.24) is 4.98 Å². The monoisotopic (exact) mass is 192 g/mol. The van der Waals surface area contributed by atoms with Gasteiger partial charge < -0.3 is 11.1 Å². The maximum atomic E-state index is 7.46. The smallest absolute Gasteiger partial charge is 0.137 e. The van der Waals surface area contributed by atoms with E-state index in [1.807, 2.05) is 26.8 Å². The average molecular weight is 192 g/mol. The second-order valence-electron chi connectivity index (χ2n) is 3.56. The maximum absolute atomic E-state index is 7.46. The molecule has 0 saturated carbocycles. The lowest BCUT2D eigenvalue weighted by Gasteiger charge is -2.14. The first-order valence-corrected chi connectivity index (χ1v) is 4.59. The van der Waals surface area contributed by atoms with Gasteiger partial charge in [-0.1, -0.05) is 0 Å². The molecule has 0 unspecified atom stereocenters. The van der Waals surface area contributed by atoms with Gasteiger partial charge in [-0.25, -0.2) is 4.98 Å². The van der Waals surface area contributed by atoms with Crippen molar-refractivity contribution in [1.29, 1.82) is 5.41 Å². The van der Waals surface area contributed by atoms with Crippen LogP contribution in [0.2, 0.25) is 0 Å². The van der Waals surface area contributed by atoms with Gasteiger partial charge in [0.25, 0.3) is 0 Å². The quantitative estimate of drug-likeness (QED) is 0.501. The summed E-state index contributed by atoms with van der Waals surface area (Å²) in [5, 5.41) is 10.6. The van der Waals surface area contributed by atoms with Gasteiger partial charge in [0.05, 0.1) is 5.56 Å². The molecule has 76 valence electrons. The van der Waals surface area contributed by atoms with Crippen molar-refractivity contribution in [2.24, 2.45) is 5.73 Å². The first-order valence-electron chi connectivity index (χ1n) is 4.59.